The van der Waals surface area contributed by atoms with Crippen molar-refractivity contribution in [1.82, 2.24) is 14.7 Å². The average Bonchev–Trinajstić information content (AvgIpc) is 2.98. The van der Waals surface area contributed by atoms with Crippen molar-refractivity contribution in [3.05, 3.63) is 75.3 Å². The Morgan fingerprint density at radius 1 is 1.21 bits per heavy atom. The van der Waals surface area contributed by atoms with Gasteiger partial charge in [-0.1, -0.05) is 30.0 Å². The molecule has 0 unspecified atom stereocenters. The van der Waals surface area contributed by atoms with Crippen LogP contribution in [0.25, 0.3) is 5.69 Å². The van der Waals surface area contributed by atoms with Crippen LogP contribution in [0.5, 0.6) is 0 Å². The summed E-state index contributed by atoms with van der Waals surface area (Å²) >= 11 is 0. The molecule has 0 aliphatic rings. The van der Waals surface area contributed by atoms with Gasteiger partial charge in [0.25, 0.3) is 5.49 Å². The van der Waals surface area contributed by atoms with Crippen molar-refractivity contribution in [2.45, 2.75) is 19.5 Å². The molecular weight excluding hydrogens is 379 g/mol. The minimum atomic E-state index is -4.62. The topological polar surface area (TPSA) is 98.5 Å². The normalized spacial score (nSPS) is 12.4. The summed E-state index contributed by atoms with van der Waals surface area (Å²) in [5.41, 5.74) is -0.400. The molecule has 0 amide bonds. The summed E-state index contributed by atoms with van der Waals surface area (Å²) in [5, 5.41) is 25.2. The summed E-state index contributed by atoms with van der Waals surface area (Å²) in [4.78, 5) is 15.3. The molecule has 0 aliphatic carbocycles. The second-order valence-corrected chi connectivity index (χ2v) is 5.76. The molecule has 2 aromatic carbocycles. The molecule has 11 heteroatoms. The van der Waals surface area contributed by atoms with E-state index in [-0.39, 0.29) is 10.5 Å². The molecule has 0 saturated carbocycles. The number of alkyl halides is 3. The van der Waals surface area contributed by atoms with E-state index in [0.29, 0.717) is 16.6 Å². The van der Waals surface area contributed by atoms with Gasteiger partial charge in [-0.25, -0.2) is 4.99 Å². The van der Waals surface area contributed by atoms with Crippen LogP contribution in [0.3, 0.4) is 0 Å². The van der Waals surface area contributed by atoms with Gasteiger partial charge >= 0.3 is 12.0 Å². The zero-order valence-electron chi connectivity index (χ0n) is 14.5. The average molecular weight is 393 g/mol. The van der Waals surface area contributed by atoms with Crippen LogP contribution in [0.15, 0.2) is 53.5 Å². The van der Waals surface area contributed by atoms with Gasteiger partial charge in [0.05, 0.1) is 16.3 Å². The number of nitro groups is 1. The molecule has 0 saturated heterocycles. The lowest BCUT2D eigenvalue weighted by Gasteiger charge is -2.07. The van der Waals surface area contributed by atoms with Crippen LogP contribution >= 0.6 is 0 Å². The third-order valence-corrected chi connectivity index (χ3v) is 3.92. The molecule has 0 aliphatic heterocycles. The number of aromatic nitrogens is 3. The van der Waals surface area contributed by atoms with Crippen LogP contribution in [0.2, 0.25) is 0 Å². The summed E-state index contributed by atoms with van der Waals surface area (Å²) in [7, 11) is 0. The van der Waals surface area contributed by atoms with E-state index in [9.17, 15) is 28.5 Å². The fraction of sp³-hybridized carbons (Fsp3) is 0.176. The van der Waals surface area contributed by atoms with Crippen molar-refractivity contribution in [2.24, 2.45) is 4.99 Å². The van der Waals surface area contributed by atoms with Crippen molar-refractivity contribution in [3.8, 4) is 5.69 Å². The Hall–Kier alpha value is -3.63. The van der Waals surface area contributed by atoms with Crippen LogP contribution in [-0.4, -0.2) is 24.9 Å². The van der Waals surface area contributed by atoms with Gasteiger partial charge in [-0.2, -0.15) is 13.2 Å². The first-order valence-corrected chi connectivity index (χ1v) is 8.08. The first kappa shape index (κ1) is 19.1. The molecule has 146 valence electrons. The highest BCUT2D eigenvalue weighted by atomic mass is 19.4. The molecule has 3 aromatic rings. The van der Waals surface area contributed by atoms with Crippen LogP contribution in [-0.2, 0) is 12.6 Å². The summed E-state index contributed by atoms with van der Waals surface area (Å²) in [6.07, 6.45) is -3.84. The van der Waals surface area contributed by atoms with Gasteiger partial charge in [0.2, 0.25) is 0 Å². The van der Waals surface area contributed by atoms with Crippen molar-refractivity contribution in [1.29, 1.82) is 0 Å². The number of hydrogen-bond acceptors (Lipinski definition) is 5. The van der Waals surface area contributed by atoms with E-state index in [2.05, 4.69) is 10.1 Å². The van der Waals surface area contributed by atoms with Gasteiger partial charge in [-0.05, 0) is 52.0 Å². The molecule has 0 spiro atoms. The summed E-state index contributed by atoms with van der Waals surface area (Å²) in [5.74, 6) is -0.806. The minimum absolute atomic E-state index is 0.219. The monoisotopic (exact) mass is 393 g/mol. The lowest BCUT2D eigenvalue weighted by Crippen LogP contribution is -2.22. The second-order valence-electron chi connectivity index (χ2n) is 5.76. The molecule has 0 fully saturated rings. The fourth-order valence-electron chi connectivity index (χ4n) is 2.47. The highest BCUT2D eigenvalue weighted by molar-refractivity contribution is 5.40. The van der Waals surface area contributed by atoms with Crippen LogP contribution in [0, 0.1) is 10.1 Å². The molecule has 1 aromatic heterocycles. The van der Waals surface area contributed by atoms with Gasteiger partial charge in [-0.15, -0.1) is 0 Å². The van der Waals surface area contributed by atoms with Gasteiger partial charge < -0.3 is 15.3 Å². The summed E-state index contributed by atoms with van der Waals surface area (Å²) < 4.78 is 38.8. The van der Waals surface area contributed by atoms with Crippen LogP contribution in [0.4, 0.5) is 24.7 Å². The van der Waals surface area contributed by atoms with E-state index in [1.54, 1.807) is 24.3 Å². The molecule has 0 atom stereocenters. The molecule has 0 bridgehead atoms. The molecule has 28 heavy (non-hydrogen) atoms. The summed E-state index contributed by atoms with van der Waals surface area (Å²) in [6, 6.07) is 10.6. The van der Waals surface area contributed by atoms with Gasteiger partial charge in [-0.3, -0.25) is 0 Å². The third kappa shape index (κ3) is 3.72. The fourth-order valence-corrected chi connectivity index (χ4v) is 2.47. The molecule has 0 radical (unpaired) electrons. The molecule has 3 rings (SSSR count). The zero-order valence-corrected chi connectivity index (χ0v) is 14.5. The maximum absolute atomic E-state index is 12.9. The highest BCUT2D eigenvalue weighted by Gasteiger charge is 2.32. The first-order valence-electron chi connectivity index (χ1n) is 8.08. The van der Waals surface area contributed by atoms with E-state index < -0.39 is 28.0 Å². The van der Waals surface area contributed by atoms with Crippen LogP contribution < -0.4 is 5.49 Å². The van der Waals surface area contributed by atoms with Crippen molar-refractivity contribution < 1.29 is 23.3 Å². The molecular formula is C17H14F3N5O3. The van der Waals surface area contributed by atoms with Gasteiger partial charge in [0.1, 0.15) is 5.69 Å². The van der Waals surface area contributed by atoms with E-state index in [1.807, 2.05) is 6.92 Å². The quantitative estimate of drug-likeness (QED) is 0.416. The Morgan fingerprint density at radius 2 is 1.89 bits per heavy atom. The maximum atomic E-state index is 12.9. The van der Waals surface area contributed by atoms with E-state index >= 15 is 0 Å². The van der Waals surface area contributed by atoms with Gasteiger partial charge in [0, 0.05) is 0 Å². The first-order chi connectivity index (χ1) is 13.2. The Balaban J connectivity index is 2.17. The van der Waals surface area contributed by atoms with Gasteiger partial charge in [0.15, 0.2) is 0 Å². The number of nitrogens with zero attached hydrogens (tertiary/aromatic N) is 5. The number of aryl methyl sites for hydroxylation is 1. The summed E-state index contributed by atoms with van der Waals surface area (Å²) in [6.45, 7) is 1.96. The smallest absolute Gasteiger partial charge is 0.409 e. The number of benzene rings is 2. The van der Waals surface area contributed by atoms with Crippen molar-refractivity contribution >= 4 is 11.5 Å². The Labute approximate surface area is 155 Å². The Bertz CT molecular complexity index is 1080. The second kappa shape index (κ2) is 7.18. The third-order valence-electron chi connectivity index (χ3n) is 3.92. The predicted octanol–water partition coefficient (Wildman–Crippen LogP) is 3.63. The van der Waals surface area contributed by atoms with E-state index in [4.69, 9.17) is 0 Å². The van der Waals surface area contributed by atoms with E-state index in [1.165, 1.54) is 6.07 Å². The number of halogens is 3. The predicted molar refractivity (Wildman–Crippen MR) is 91.4 cm³/mol. The SMILES string of the molecule is CCc1ccc(N=c2c([N+](=O)[O-])nn(-c3cccc(C(F)(F)F)c3)n2O)cc1. The molecule has 1 N–H and O–H groups in total. The van der Waals surface area contributed by atoms with Crippen molar-refractivity contribution in [2.75, 3.05) is 0 Å². The number of hydrogen-bond donors (Lipinski definition) is 1. The van der Waals surface area contributed by atoms with Crippen molar-refractivity contribution in [3.63, 3.8) is 0 Å². The van der Waals surface area contributed by atoms with Crippen LogP contribution in [0.1, 0.15) is 18.1 Å². The standard InChI is InChI=1S/C17H14F3N5O3/c1-2-11-6-8-13(9-7-11)21-15-16(25(27)28)22-23(24(15)26)14-5-3-4-12(10-14)17(18,19)20/h3-10,26H,2H2,1H3. The lowest BCUT2D eigenvalue weighted by atomic mass is 10.2. The maximum Gasteiger partial charge on any atom is 0.438 e. The largest absolute Gasteiger partial charge is 0.438 e. The minimum Gasteiger partial charge on any atom is -0.409 e. The Kier molecular flexibility index (Phi) is 4.91. The number of rotatable bonds is 4. The highest BCUT2D eigenvalue weighted by Crippen LogP contribution is 2.30. The zero-order chi connectivity index (χ0) is 20.5. The Morgan fingerprint density at radius 3 is 2.46 bits per heavy atom. The lowest BCUT2D eigenvalue weighted by molar-refractivity contribution is -0.391. The molecule has 8 nitrogen and oxygen atoms in total. The van der Waals surface area contributed by atoms with E-state index in [0.717, 1.165) is 24.1 Å². The molecule has 1 heterocycles.